The third-order valence-corrected chi connectivity index (χ3v) is 3.30. The quantitative estimate of drug-likeness (QED) is 0.809. The van der Waals surface area contributed by atoms with E-state index in [2.05, 4.69) is 40.7 Å². The summed E-state index contributed by atoms with van der Waals surface area (Å²) in [5.41, 5.74) is 2.33. The SMILES string of the molecule is CCCNCc1c(C)nn(C)c1-n1ccnc1CC. The van der Waals surface area contributed by atoms with Crippen LogP contribution in [0.5, 0.6) is 0 Å². The average molecular weight is 261 g/mol. The number of nitrogens with one attached hydrogen (secondary N) is 1. The minimum absolute atomic E-state index is 0.851. The third-order valence-electron chi connectivity index (χ3n) is 3.30. The Hall–Kier alpha value is -1.62. The maximum atomic E-state index is 4.55. The molecule has 19 heavy (non-hydrogen) atoms. The molecule has 0 aliphatic carbocycles. The fourth-order valence-electron chi connectivity index (χ4n) is 2.38. The molecule has 5 heteroatoms. The molecule has 1 N–H and O–H groups in total. The van der Waals surface area contributed by atoms with Gasteiger partial charge < -0.3 is 5.32 Å². The lowest BCUT2D eigenvalue weighted by molar-refractivity contribution is 0.664. The van der Waals surface area contributed by atoms with Gasteiger partial charge in [-0.15, -0.1) is 0 Å². The molecule has 0 amide bonds. The molecule has 2 aromatic heterocycles. The number of aromatic nitrogens is 4. The summed E-state index contributed by atoms with van der Waals surface area (Å²) < 4.78 is 4.09. The maximum Gasteiger partial charge on any atom is 0.140 e. The summed E-state index contributed by atoms with van der Waals surface area (Å²) in [4.78, 5) is 4.40. The van der Waals surface area contributed by atoms with Crippen LogP contribution in [0.4, 0.5) is 0 Å². The van der Waals surface area contributed by atoms with Crippen molar-refractivity contribution in [3.8, 4) is 5.82 Å². The minimum Gasteiger partial charge on any atom is -0.312 e. The summed E-state index contributed by atoms with van der Waals surface area (Å²) >= 11 is 0. The van der Waals surface area contributed by atoms with E-state index in [0.717, 1.165) is 43.3 Å². The third kappa shape index (κ3) is 2.71. The van der Waals surface area contributed by atoms with E-state index >= 15 is 0 Å². The standard InChI is InChI=1S/C14H23N5/c1-5-7-15-10-12-11(3)17-18(4)14(12)19-9-8-16-13(19)6-2/h8-9,15H,5-7,10H2,1-4H3. The number of rotatable bonds is 6. The van der Waals surface area contributed by atoms with Gasteiger partial charge in [0, 0.05) is 38.0 Å². The van der Waals surface area contributed by atoms with E-state index in [1.807, 2.05) is 24.1 Å². The highest BCUT2D eigenvalue weighted by molar-refractivity contribution is 5.39. The van der Waals surface area contributed by atoms with Gasteiger partial charge in [0.2, 0.25) is 0 Å². The van der Waals surface area contributed by atoms with Crippen molar-refractivity contribution in [1.29, 1.82) is 0 Å². The molecular formula is C14H23N5. The normalized spacial score (nSPS) is 11.2. The summed E-state index contributed by atoms with van der Waals surface area (Å²) in [5.74, 6) is 2.19. The predicted molar refractivity (Wildman–Crippen MR) is 76.4 cm³/mol. The molecule has 0 aliphatic rings. The van der Waals surface area contributed by atoms with Crippen molar-refractivity contribution in [2.45, 2.75) is 40.2 Å². The van der Waals surface area contributed by atoms with Crippen LogP contribution < -0.4 is 5.32 Å². The van der Waals surface area contributed by atoms with E-state index in [1.165, 1.54) is 5.56 Å². The summed E-state index contributed by atoms with van der Waals surface area (Å²) in [5, 5.41) is 8.01. The van der Waals surface area contributed by atoms with Crippen molar-refractivity contribution in [2.75, 3.05) is 6.54 Å². The molecule has 0 aromatic carbocycles. The van der Waals surface area contributed by atoms with E-state index in [4.69, 9.17) is 0 Å². The highest BCUT2D eigenvalue weighted by atomic mass is 15.3. The van der Waals surface area contributed by atoms with Crippen molar-refractivity contribution >= 4 is 0 Å². The zero-order valence-corrected chi connectivity index (χ0v) is 12.3. The Balaban J connectivity index is 2.38. The fourth-order valence-corrected chi connectivity index (χ4v) is 2.38. The number of hydrogen-bond donors (Lipinski definition) is 1. The van der Waals surface area contributed by atoms with Gasteiger partial charge in [-0.2, -0.15) is 5.10 Å². The second kappa shape index (κ2) is 6.02. The molecule has 104 valence electrons. The van der Waals surface area contributed by atoms with Crippen molar-refractivity contribution in [2.24, 2.45) is 7.05 Å². The molecule has 2 aromatic rings. The van der Waals surface area contributed by atoms with Gasteiger partial charge in [0.15, 0.2) is 0 Å². The smallest absolute Gasteiger partial charge is 0.140 e. The number of nitrogens with zero attached hydrogens (tertiary/aromatic N) is 4. The topological polar surface area (TPSA) is 47.7 Å². The van der Waals surface area contributed by atoms with Crippen LogP contribution in [0.2, 0.25) is 0 Å². The Kier molecular flexibility index (Phi) is 4.37. The molecule has 2 heterocycles. The molecule has 0 aliphatic heterocycles. The Labute approximate surface area is 114 Å². The highest BCUT2D eigenvalue weighted by Gasteiger charge is 2.16. The van der Waals surface area contributed by atoms with E-state index in [-0.39, 0.29) is 0 Å². The Morgan fingerprint density at radius 3 is 2.79 bits per heavy atom. The van der Waals surface area contributed by atoms with Crippen LogP contribution in [0.1, 0.15) is 37.4 Å². The largest absolute Gasteiger partial charge is 0.312 e. The van der Waals surface area contributed by atoms with Crippen LogP contribution in [-0.4, -0.2) is 25.9 Å². The number of hydrogen-bond acceptors (Lipinski definition) is 3. The molecule has 0 saturated carbocycles. The van der Waals surface area contributed by atoms with Gasteiger partial charge in [-0.3, -0.25) is 9.25 Å². The molecule has 0 atom stereocenters. The summed E-state index contributed by atoms with van der Waals surface area (Å²) in [7, 11) is 1.99. The zero-order chi connectivity index (χ0) is 13.8. The lowest BCUT2D eigenvalue weighted by Crippen LogP contribution is -2.16. The van der Waals surface area contributed by atoms with Crippen LogP contribution in [0, 0.1) is 6.92 Å². The van der Waals surface area contributed by atoms with Gasteiger partial charge in [0.1, 0.15) is 11.6 Å². The van der Waals surface area contributed by atoms with E-state index in [0.29, 0.717) is 0 Å². The monoisotopic (exact) mass is 261 g/mol. The molecule has 0 spiro atoms. The second-order valence-electron chi connectivity index (χ2n) is 4.75. The van der Waals surface area contributed by atoms with Crippen LogP contribution in [0.3, 0.4) is 0 Å². The Morgan fingerprint density at radius 1 is 1.32 bits per heavy atom. The van der Waals surface area contributed by atoms with Crippen LogP contribution in [-0.2, 0) is 20.0 Å². The van der Waals surface area contributed by atoms with Gasteiger partial charge >= 0.3 is 0 Å². The molecule has 0 saturated heterocycles. The van der Waals surface area contributed by atoms with Crippen molar-refractivity contribution in [3.05, 3.63) is 29.5 Å². The lowest BCUT2D eigenvalue weighted by Gasteiger charge is -2.11. The van der Waals surface area contributed by atoms with E-state index < -0.39 is 0 Å². The van der Waals surface area contributed by atoms with Gasteiger partial charge in [-0.05, 0) is 19.9 Å². The van der Waals surface area contributed by atoms with Crippen molar-refractivity contribution in [1.82, 2.24) is 24.6 Å². The van der Waals surface area contributed by atoms with Gasteiger partial charge in [0.25, 0.3) is 0 Å². The fraction of sp³-hybridized carbons (Fsp3) is 0.571. The Bertz CT molecular complexity index is 538. The zero-order valence-electron chi connectivity index (χ0n) is 12.3. The van der Waals surface area contributed by atoms with Gasteiger partial charge in [-0.1, -0.05) is 13.8 Å². The maximum absolute atomic E-state index is 4.55. The van der Waals surface area contributed by atoms with Crippen LogP contribution >= 0.6 is 0 Å². The molecule has 5 nitrogen and oxygen atoms in total. The first kappa shape index (κ1) is 13.8. The summed E-state index contributed by atoms with van der Waals surface area (Å²) in [6.07, 6.45) is 5.92. The first-order valence-electron chi connectivity index (χ1n) is 6.94. The lowest BCUT2D eigenvalue weighted by atomic mass is 10.2. The average Bonchev–Trinajstić information content (AvgIpc) is 2.94. The molecule has 0 bridgehead atoms. The molecule has 0 fully saturated rings. The van der Waals surface area contributed by atoms with Crippen molar-refractivity contribution < 1.29 is 0 Å². The summed E-state index contributed by atoms with van der Waals surface area (Å²) in [6, 6.07) is 0. The molecule has 2 rings (SSSR count). The molecule has 0 radical (unpaired) electrons. The van der Waals surface area contributed by atoms with Gasteiger partial charge in [0.05, 0.1) is 5.69 Å². The predicted octanol–water partition coefficient (Wildman–Crippen LogP) is 1.98. The second-order valence-corrected chi connectivity index (χ2v) is 4.75. The van der Waals surface area contributed by atoms with E-state index in [9.17, 15) is 0 Å². The van der Waals surface area contributed by atoms with Crippen LogP contribution in [0.15, 0.2) is 12.4 Å². The summed E-state index contributed by atoms with van der Waals surface area (Å²) in [6.45, 7) is 8.24. The first-order valence-corrected chi connectivity index (χ1v) is 6.94. The first-order chi connectivity index (χ1) is 9.19. The number of imidazole rings is 1. The molecular weight excluding hydrogens is 238 g/mol. The number of aryl methyl sites for hydroxylation is 3. The van der Waals surface area contributed by atoms with E-state index in [1.54, 1.807) is 0 Å². The minimum atomic E-state index is 0.851. The van der Waals surface area contributed by atoms with Crippen LogP contribution in [0.25, 0.3) is 5.82 Å². The molecule has 0 unspecified atom stereocenters. The van der Waals surface area contributed by atoms with Gasteiger partial charge in [-0.25, -0.2) is 4.98 Å². The van der Waals surface area contributed by atoms with Crippen molar-refractivity contribution in [3.63, 3.8) is 0 Å². The Morgan fingerprint density at radius 2 is 2.11 bits per heavy atom. The highest BCUT2D eigenvalue weighted by Crippen LogP contribution is 2.19.